The van der Waals surface area contributed by atoms with Crippen LogP contribution in [-0.2, 0) is 16.6 Å². The molecule has 0 radical (unpaired) electrons. The predicted molar refractivity (Wildman–Crippen MR) is 113 cm³/mol. The summed E-state index contributed by atoms with van der Waals surface area (Å²) in [6.45, 7) is 1.12. The SMILES string of the molecule is COc1cccc(CN([C@@H]2CCN(C#N)C2)S(=O)(=O)c2cc(Br)ccc2Br)c1. The van der Waals surface area contributed by atoms with E-state index >= 15 is 0 Å². The highest BCUT2D eigenvalue weighted by molar-refractivity contribution is 9.11. The van der Waals surface area contributed by atoms with Crippen LogP contribution in [-0.4, -0.2) is 43.9 Å². The molecule has 1 saturated heterocycles. The molecule has 1 fully saturated rings. The van der Waals surface area contributed by atoms with Crippen LogP contribution in [0.1, 0.15) is 12.0 Å². The number of methoxy groups -OCH3 is 1. The van der Waals surface area contributed by atoms with E-state index in [9.17, 15) is 13.7 Å². The van der Waals surface area contributed by atoms with Gasteiger partial charge in [-0.1, -0.05) is 28.1 Å². The van der Waals surface area contributed by atoms with Crippen molar-refractivity contribution in [1.82, 2.24) is 9.21 Å². The van der Waals surface area contributed by atoms with Crippen LogP contribution < -0.4 is 4.74 Å². The van der Waals surface area contributed by atoms with Crippen molar-refractivity contribution in [2.24, 2.45) is 0 Å². The van der Waals surface area contributed by atoms with Gasteiger partial charge in [-0.05, 0) is 58.2 Å². The van der Waals surface area contributed by atoms with Crippen molar-refractivity contribution in [2.45, 2.75) is 23.9 Å². The van der Waals surface area contributed by atoms with Gasteiger partial charge in [0.25, 0.3) is 0 Å². The first-order valence-electron chi connectivity index (χ1n) is 8.59. The zero-order valence-corrected chi connectivity index (χ0v) is 19.2. The maximum absolute atomic E-state index is 13.6. The Hall–Kier alpha value is -1.60. The molecule has 9 heteroatoms. The molecule has 0 bridgehead atoms. The second-order valence-electron chi connectivity index (χ2n) is 6.47. The number of hydrogen-bond donors (Lipinski definition) is 0. The van der Waals surface area contributed by atoms with Gasteiger partial charge in [-0.2, -0.15) is 9.57 Å². The van der Waals surface area contributed by atoms with Crippen LogP contribution in [0.4, 0.5) is 0 Å². The molecule has 1 aliphatic rings. The van der Waals surface area contributed by atoms with Gasteiger partial charge in [-0.3, -0.25) is 0 Å². The Kier molecular flexibility index (Phi) is 6.65. The zero-order valence-electron chi connectivity index (χ0n) is 15.2. The Balaban J connectivity index is 2.02. The summed E-state index contributed by atoms with van der Waals surface area (Å²) in [6.07, 6.45) is 2.72. The van der Waals surface area contributed by atoms with Gasteiger partial charge < -0.3 is 9.64 Å². The molecule has 0 spiro atoms. The van der Waals surface area contributed by atoms with Crippen LogP contribution in [0.3, 0.4) is 0 Å². The Morgan fingerprint density at radius 1 is 1.29 bits per heavy atom. The lowest BCUT2D eigenvalue weighted by molar-refractivity contribution is 0.313. The number of benzene rings is 2. The van der Waals surface area contributed by atoms with Gasteiger partial charge >= 0.3 is 0 Å². The largest absolute Gasteiger partial charge is 0.497 e. The molecular formula is C19H19Br2N3O3S. The van der Waals surface area contributed by atoms with Crippen molar-refractivity contribution < 1.29 is 13.2 Å². The van der Waals surface area contributed by atoms with E-state index in [0.29, 0.717) is 34.2 Å². The molecule has 0 aromatic heterocycles. The van der Waals surface area contributed by atoms with Gasteiger partial charge in [0.1, 0.15) is 5.75 Å². The molecule has 1 atom stereocenters. The molecule has 2 aromatic carbocycles. The molecule has 0 saturated carbocycles. The van der Waals surface area contributed by atoms with E-state index in [4.69, 9.17) is 4.74 Å². The molecular weight excluding hydrogens is 510 g/mol. The number of ether oxygens (including phenoxy) is 1. The summed E-state index contributed by atoms with van der Waals surface area (Å²) < 4.78 is 35.1. The number of likely N-dealkylation sites (tertiary alicyclic amines) is 1. The fraction of sp³-hybridized carbons (Fsp3) is 0.316. The minimum atomic E-state index is -3.81. The number of rotatable bonds is 6. The minimum Gasteiger partial charge on any atom is -0.497 e. The lowest BCUT2D eigenvalue weighted by atomic mass is 10.2. The average Bonchev–Trinajstić information content (AvgIpc) is 3.16. The molecule has 0 unspecified atom stereocenters. The predicted octanol–water partition coefficient (Wildman–Crippen LogP) is 3.97. The standard InChI is InChI=1S/C19H19Br2N3O3S/c1-27-17-4-2-3-14(9-17)11-24(16-7-8-23(12-16)13-22)28(25,26)19-10-15(20)5-6-18(19)21/h2-6,9-10,16H,7-8,11-12H2,1H3/t16-/m1/s1. The molecule has 1 aliphatic heterocycles. The summed E-state index contributed by atoms with van der Waals surface area (Å²) in [6, 6.07) is 12.1. The zero-order chi connectivity index (χ0) is 20.3. The van der Waals surface area contributed by atoms with Crippen molar-refractivity contribution >= 4 is 41.9 Å². The van der Waals surface area contributed by atoms with Gasteiger partial charge in [0.2, 0.25) is 10.0 Å². The number of hydrogen-bond acceptors (Lipinski definition) is 5. The van der Waals surface area contributed by atoms with E-state index in [1.807, 2.05) is 24.3 Å². The molecule has 1 heterocycles. The van der Waals surface area contributed by atoms with E-state index < -0.39 is 10.0 Å². The summed E-state index contributed by atoms with van der Waals surface area (Å²) in [7, 11) is -2.23. The van der Waals surface area contributed by atoms with Crippen LogP contribution in [0.2, 0.25) is 0 Å². The first-order chi connectivity index (χ1) is 13.3. The lowest BCUT2D eigenvalue weighted by Gasteiger charge is -2.28. The van der Waals surface area contributed by atoms with E-state index in [1.165, 1.54) is 4.31 Å². The summed E-state index contributed by atoms with van der Waals surface area (Å²) in [5.41, 5.74) is 0.824. The lowest BCUT2D eigenvalue weighted by Crippen LogP contribution is -2.41. The molecule has 2 aromatic rings. The Morgan fingerprint density at radius 3 is 2.75 bits per heavy atom. The van der Waals surface area contributed by atoms with E-state index in [0.717, 1.165) is 5.56 Å². The van der Waals surface area contributed by atoms with Gasteiger partial charge in [0.05, 0.1) is 12.0 Å². The maximum Gasteiger partial charge on any atom is 0.244 e. The van der Waals surface area contributed by atoms with Crippen molar-refractivity contribution in [3.05, 3.63) is 57.0 Å². The van der Waals surface area contributed by atoms with E-state index in [-0.39, 0.29) is 17.5 Å². The topological polar surface area (TPSA) is 73.6 Å². The molecule has 6 nitrogen and oxygen atoms in total. The fourth-order valence-corrected chi connectivity index (χ4v) is 6.33. The van der Waals surface area contributed by atoms with Gasteiger partial charge in [-0.15, -0.1) is 0 Å². The van der Waals surface area contributed by atoms with E-state index in [1.54, 1.807) is 30.2 Å². The Morgan fingerprint density at radius 2 is 2.07 bits per heavy atom. The van der Waals surface area contributed by atoms with Crippen LogP contribution in [0.5, 0.6) is 5.75 Å². The molecule has 3 rings (SSSR count). The highest BCUT2D eigenvalue weighted by atomic mass is 79.9. The third kappa shape index (κ3) is 4.51. The van der Waals surface area contributed by atoms with Crippen LogP contribution >= 0.6 is 31.9 Å². The highest BCUT2D eigenvalue weighted by Gasteiger charge is 2.37. The minimum absolute atomic E-state index is 0.195. The van der Waals surface area contributed by atoms with E-state index in [2.05, 4.69) is 38.1 Å². The first-order valence-corrected chi connectivity index (χ1v) is 11.6. The molecule has 148 valence electrons. The quantitative estimate of drug-likeness (QED) is 0.530. The number of halogens is 2. The summed E-state index contributed by atoms with van der Waals surface area (Å²) in [5, 5.41) is 9.20. The molecule has 0 N–H and O–H groups in total. The summed E-state index contributed by atoms with van der Waals surface area (Å²) >= 11 is 6.72. The second kappa shape index (κ2) is 8.82. The van der Waals surface area contributed by atoms with Crippen molar-refractivity contribution in [2.75, 3.05) is 20.2 Å². The highest BCUT2D eigenvalue weighted by Crippen LogP contribution is 2.32. The molecule has 28 heavy (non-hydrogen) atoms. The van der Waals surface area contributed by atoms with Gasteiger partial charge in [0.15, 0.2) is 6.19 Å². The number of nitriles is 1. The van der Waals surface area contributed by atoms with Crippen molar-refractivity contribution in [1.29, 1.82) is 5.26 Å². The maximum atomic E-state index is 13.6. The number of sulfonamides is 1. The second-order valence-corrected chi connectivity index (χ2v) is 10.1. The molecule has 0 aliphatic carbocycles. The summed E-state index contributed by atoms with van der Waals surface area (Å²) in [4.78, 5) is 1.79. The Bertz CT molecular complexity index is 1010. The van der Waals surface area contributed by atoms with Gasteiger partial charge in [0, 0.05) is 34.6 Å². The average molecular weight is 529 g/mol. The summed E-state index contributed by atoms with van der Waals surface area (Å²) in [5.74, 6) is 0.670. The fourth-order valence-electron chi connectivity index (χ4n) is 3.23. The van der Waals surface area contributed by atoms with Crippen LogP contribution in [0, 0.1) is 11.5 Å². The normalized spacial score (nSPS) is 17.0. The van der Waals surface area contributed by atoms with Gasteiger partial charge in [-0.25, -0.2) is 8.42 Å². The van der Waals surface area contributed by atoms with Crippen LogP contribution in [0.25, 0.3) is 0 Å². The van der Waals surface area contributed by atoms with Crippen molar-refractivity contribution in [3.8, 4) is 11.9 Å². The first kappa shape index (κ1) is 21.1. The Labute approximate surface area is 182 Å². The number of nitrogens with zero attached hydrogens (tertiary/aromatic N) is 3. The van der Waals surface area contributed by atoms with Crippen molar-refractivity contribution in [3.63, 3.8) is 0 Å². The smallest absolute Gasteiger partial charge is 0.244 e. The monoisotopic (exact) mass is 527 g/mol. The third-order valence-corrected chi connectivity index (χ3v) is 8.05. The third-order valence-electron chi connectivity index (χ3n) is 4.66. The van der Waals surface area contributed by atoms with Crippen LogP contribution in [0.15, 0.2) is 56.3 Å². The molecule has 0 amide bonds.